The number of carbonyl (C=O) groups excluding carboxylic acids is 2. The van der Waals surface area contributed by atoms with E-state index in [-0.39, 0.29) is 24.0 Å². The summed E-state index contributed by atoms with van der Waals surface area (Å²) in [6.07, 6.45) is 0.0545. The largest absolute Gasteiger partial charge is 0.494 e. The molecule has 2 N–H and O–H groups in total. The highest BCUT2D eigenvalue weighted by atomic mass is 35.5. The molecule has 3 aromatic rings. The van der Waals surface area contributed by atoms with Crippen LogP contribution in [-0.2, 0) is 22.6 Å². The summed E-state index contributed by atoms with van der Waals surface area (Å²) >= 11 is 13.3. The molecule has 0 bridgehead atoms. The number of aromatic nitrogens is 3. The first kappa shape index (κ1) is 24.9. The van der Waals surface area contributed by atoms with E-state index < -0.39 is 0 Å². The van der Waals surface area contributed by atoms with Crippen molar-refractivity contribution in [2.45, 2.75) is 32.0 Å². The van der Waals surface area contributed by atoms with E-state index in [1.54, 1.807) is 42.5 Å². The van der Waals surface area contributed by atoms with Crippen molar-refractivity contribution >= 4 is 58.2 Å². The topological polar surface area (TPSA) is 98.1 Å². The van der Waals surface area contributed by atoms with E-state index in [1.165, 1.54) is 11.8 Å². The highest BCUT2D eigenvalue weighted by molar-refractivity contribution is 7.99. The Morgan fingerprint density at radius 3 is 2.48 bits per heavy atom. The molecule has 8 nitrogen and oxygen atoms in total. The van der Waals surface area contributed by atoms with Crippen LogP contribution in [-0.4, -0.2) is 38.9 Å². The standard InChI is InChI=1S/C22H23Cl2N5O3S/c1-3-29-19(12-20(30)25-15-6-8-16(9-7-15)32-4-2)27-28-22(29)33-13-21(31)26-18-11-14(23)5-10-17(18)24/h5-11H,3-4,12-13H2,1-2H3,(H,25,30)(H,26,31). The second-order valence-corrected chi connectivity index (χ2v) is 8.57. The Labute approximate surface area is 206 Å². The molecule has 0 atom stereocenters. The van der Waals surface area contributed by atoms with Gasteiger partial charge in [0, 0.05) is 17.3 Å². The van der Waals surface area contributed by atoms with Gasteiger partial charge in [0.2, 0.25) is 11.8 Å². The molecule has 2 aromatic carbocycles. The number of halogens is 2. The number of benzene rings is 2. The van der Waals surface area contributed by atoms with Gasteiger partial charge in [-0.3, -0.25) is 9.59 Å². The summed E-state index contributed by atoms with van der Waals surface area (Å²) in [5, 5.41) is 15.3. The van der Waals surface area contributed by atoms with E-state index >= 15 is 0 Å². The fourth-order valence-corrected chi connectivity index (χ4v) is 4.09. The number of hydrogen-bond acceptors (Lipinski definition) is 6. The molecule has 0 aliphatic carbocycles. The number of ether oxygens (including phenoxy) is 1. The van der Waals surface area contributed by atoms with Gasteiger partial charge in [-0.1, -0.05) is 35.0 Å². The van der Waals surface area contributed by atoms with Gasteiger partial charge in [-0.25, -0.2) is 0 Å². The highest BCUT2D eigenvalue weighted by Gasteiger charge is 2.16. The Balaban J connectivity index is 1.57. The normalized spacial score (nSPS) is 10.7. The number of amides is 2. The van der Waals surface area contributed by atoms with E-state index in [4.69, 9.17) is 27.9 Å². The van der Waals surface area contributed by atoms with Gasteiger partial charge < -0.3 is 19.9 Å². The zero-order valence-electron chi connectivity index (χ0n) is 18.1. The molecule has 0 unspecified atom stereocenters. The fourth-order valence-electron chi connectivity index (χ4n) is 2.93. The first-order valence-corrected chi connectivity index (χ1v) is 12.0. The zero-order chi connectivity index (χ0) is 23.8. The Kier molecular flexibility index (Phi) is 8.99. The maximum absolute atomic E-state index is 12.5. The Hall–Kier alpha value is -2.75. The maximum atomic E-state index is 12.5. The number of rotatable bonds is 10. The summed E-state index contributed by atoms with van der Waals surface area (Å²) in [6.45, 7) is 4.97. The number of nitrogens with one attached hydrogen (secondary N) is 2. The smallest absolute Gasteiger partial charge is 0.234 e. The van der Waals surface area contributed by atoms with Crippen molar-refractivity contribution in [3.05, 3.63) is 58.3 Å². The molecule has 0 aliphatic heterocycles. The molecule has 0 saturated heterocycles. The van der Waals surface area contributed by atoms with E-state index in [0.29, 0.717) is 45.6 Å². The van der Waals surface area contributed by atoms with E-state index in [1.807, 2.05) is 18.4 Å². The molecule has 0 saturated carbocycles. The first-order valence-electron chi connectivity index (χ1n) is 10.2. The van der Waals surface area contributed by atoms with E-state index in [2.05, 4.69) is 20.8 Å². The lowest BCUT2D eigenvalue weighted by Crippen LogP contribution is -2.18. The lowest BCUT2D eigenvalue weighted by Gasteiger charge is -2.09. The van der Waals surface area contributed by atoms with Gasteiger partial charge in [-0.05, 0) is 56.3 Å². The average molecular weight is 508 g/mol. The third kappa shape index (κ3) is 7.12. The molecular weight excluding hydrogens is 485 g/mol. The monoisotopic (exact) mass is 507 g/mol. The second kappa shape index (κ2) is 11.9. The van der Waals surface area contributed by atoms with Crippen LogP contribution in [0.2, 0.25) is 10.0 Å². The summed E-state index contributed by atoms with van der Waals surface area (Å²) in [7, 11) is 0. The van der Waals surface area contributed by atoms with Gasteiger partial charge in [-0.2, -0.15) is 0 Å². The lowest BCUT2D eigenvalue weighted by atomic mass is 10.3. The van der Waals surface area contributed by atoms with Gasteiger partial charge in [-0.15, -0.1) is 10.2 Å². The minimum atomic E-state index is -0.260. The van der Waals surface area contributed by atoms with Crippen molar-refractivity contribution < 1.29 is 14.3 Å². The third-order valence-corrected chi connectivity index (χ3v) is 5.94. The SMILES string of the molecule is CCOc1ccc(NC(=O)Cc2nnc(SCC(=O)Nc3cc(Cl)ccc3Cl)n2CC)cc1. The van der Waals surface area contributed by atoms with Crippen LogP contribution in [0.25, 0.3) is 0 Å². The number of anilines is 2. The molecule has 0 radical (unpaired) electrons. The Morgan fingerprint density at radius 2 is 1.79 bits per heavy atom. The molecular formula is C22H23Cl2N5O3S. The number of thioether (sulfide) groups is 1. The summed E-state index contributed by atoms with van der Waals surface area (Å²) in [5.41, 5.74) is 1.11. The number of hydrogen-bond donors (Lipinski definition) is 2. The number of nitrogens with zero attached hydrogens (tertiary/aromatic N) is 3. The van der Waals surface area contributed by atoms with Crippen LogP contribution in [0.15, 0.2) is 47.6 Å². The molecule has 3 rings (SSSR count). The first-order chi connectivity index (χ1) is 15.9. The van der Waals surface area contributed by atoms with Crippen LogP contribution in [0.3, 0.4) is 0 Å². The number of carbonyl (C=O) groups is 2. The van der Waals surface area contributed by atoms with Crippen molar-refractivity contribution in [2.75, 3.05) is 23.0 Å². The molecule has 1 heterocycles. The van der Waals surface area contributed by atoms with Crippen molar-refractivity contribution in [3.63, 3.8) is 0 Å². The lowest BCUT2D eigenvalue weighted by molar-refractivity contribution is -0.116. The maximum Gasteiger partial charge on any atom is 0.234 e. The molecule has 174 valence electrons. The van der Waals surface area contributed by atoms with Gasteiger partial charge in [0.15, 0.2) is 5.16 Å². The van der Waals surface area contributed by atoms with Crippen LogP contribution < -0.4 is 15.4 Å². The molecule has 0 spiro atoms. The van der Waals surface area contributed by atoms with Gasteiger partial charge in [0.05, 0.1) is 29.5 Å². The fraction of sp³-hybridized carbons (Fsp3) is 0.273. The van der Waals surface area contributed by atoms with Crippen LogP contribution in [0.1, 0.15) is 19.7 Å². The predicted molar refractivity (Wildman–Crippen MR) is 131 cm³/mol. The van der Waals surface area contributed by atoms with Crippen LogP contribution in [0.5, 0.6) is 5.75 Å². The van der Waals surface area contributed by atoms with Crippen molar-refractivity contribution in [1.82, 2.24) is 14.8 Å². The van der Waals surface area contributed by atoms with Crippen LogP contribution in [0.4, 0.5) is 11.4 Å². The quantitative estimate of drug-likeness (QED) is 0.378. The van der Waals surface area contributed by atoms with Crippen LogP contribution >= 0.6 is 35.0 Å². The van der Waals surface area contributed by atoms with Crippen LogP contribution in [0, 0.1) is 0 Å². The minimum absolute atomic E-state index is 0.0545. The van der Waals surface area contributed by atoms with E-state index in [0.717, 1.165) is 5.75 Å². The Morgan fingerprint density at radius 1 is 1.03 bits per heavy atom. The summed E-state index contributed by atoms with van der Waals surface area (Å²) in [4.78, 5) is 24.8. The average Bonchev–Trinajstić information content (AvgIpc) is 3.17. The second-order valence-electron chi connectivity index (χ2n) is 6.79. The van der Waals surface area contributed by atoms with Crippen molar-refractivity contribution in [2.24, 2.45) is 0 Å². The van der Waals surface area contributed by atoms with E-state index in [9.17, 15) is 9.59 Å². The van der Waals surface area contributed by atoms with Gasteiger partial charge in [0.1, 0.15) is 11.6 Å². The van der Waals surface area contributed by atoms with Gasteiger partial charge >= 0.3 is 0 Å². The molecule has 1 aromatic heterocycles. The van der Waals surface area contributed by atoms with Crippen molar-refractivity contribution in [1.29, 1.82) is 0 Å². The molecule has 33 heavy (non-hydrogen) atoms. The molecule has 0 fully saturated rings. The highest BCUT2D eigenvalue weighted by Crippen LogP contribution is 2.26. The third-order valence-electron chi connectivity index (χ3n) is 4.41. The Bertz CT molecular complexity index is 1120. The van der Waals surface area contributed by atoms with Gasteiger partial charge in [0.25, 0.3) is 0 Å². The molecule has 2 amide bonds. The zero-order valence-corrected chi connectivity index (χ0v) is 20.4. The predicted octanol–water partition coefficient (Wildman–Crippen LogP) is 4.92. The molecule has 0 aliphatic rings. The minimum Gasteiger partial charge on any atom is -0.494 e. The summed E-state index contributed by atoms with van der Waals surface area (Å²) in [6, 6.07) is 12.0. The molecule has 11 heteroatoms. The van der Waals surface area contributed by atoms with Crippen molar-refractivity contribution in [3.8, 4) is 5.75 Å². The summed E-state index contributed by atoms with van der Waals surface area (Å²) < 4.78 is 7.21. The summed E-state index contributed by atoms with van der Waals surface area (Å²) in [5.74, 6) is 0.876.